The highest BCUT2D eigenvalue weighted by atomic mass is 35.7. The van der Waals surface area contributed by atoms with Crippen LogP contribution in [0.15, 0.2) is 24.3 Å². The van der Waals surface area contributed by atoms with E-state index in [4.69, 9.17) is 15.8 Å². The van der Waals surface area contributed by atoms with Gasteiger partial charge in [-0.25, -0.2) is 0 Å². The van der Waals surface area contributed by atoms with E-state index in [9.17, 15) is 0 Å². The highest BCUT2D eigenvalue weighted by Crippen LogP contribution is 2.80. The fourth-order valence-corrected chi connectivity index (χ4v) is 5.95. The lowest BCUT2D eigenvalue weighted by molar-refractivity contribution is -0.00000571. The fraction of sp³-hybridized carbons (Fsp3) is 0.667. The third-order valence-electron chi connectivity index (χ3n) is 3.90. The summed E-state index contributed by atoms with van der Waals surface area (Å²) in [6.45, 7) is 17.2. The average molecular weight is 380 g/mol. The Morgan fingerprint density at radius 2 is 1.48 bits per heavy atom. The second-order valence-electron chi connectivity index (χ2n) is 7.63. The first-order valence-electron chi connectivity index (χ1n) is 8.09. The smallest absolute Gasteiger partial charge is 0.297 e. The SMILES string of the molecule is CCN(CC)c1cccc(O[P+](Cl)(C(C)(C)C)C(C)(C)C)c1.[Cl-]. The molecule has 0 spiro atoms. The van der Waals surface area contributed by atoms with Crippen molar-refractivity contribution in [2.45, 2.75) is 65.7 Å². The zero-order chi connectivity index (χ0) is 17.2. The minimum atomic E-state index is -2.17. The van der Waals surface area contributed by atoms with Crippen LogP contribution in [0.5, 0.6) is 5.75 Å². The van der Waals surface area contributed by atoms with Gasteiger partial charge in [0.05, 0.1) is 0 Å². The van der Waals surface area contributed by atoms with Crippen LogP contribution >= 0.6 is 18.1 Å². The van der Waals surface area contributed by atoms with Crippen LogP contribution in [0, 0.1) is 0 Å². The summed E-state index contributed by atoms with van der Waals surface area (Å²) in [4.78, 5) is 2.31. The van der Waals surface area contributed by atoms with Crippen molar-refractivity contribution in [3.05, 3.63) is 24.3 Å². The van der Waals surface area contributed by atoms with E-state index in [1.807, 2.05) is 6.07 Å². The molecule has 0 atom stereocenters. The molecule has 0 N–H and O–H groups in total. The quantitative estimate of drug-likeness (QED) is 0.724. The zero-order valence-corrected chi connectivity index (χ0v) is 18.2. The summed E-state index contributed by atoms with van der Waals surface area (Å²) in [6, 6.07) is 8.31. The molecule has 2 nitrogen and oxygen atoms in total. The van der Waals surface area contributed by atoms with Gasteiger partial charge >= 0.3 is 0 Å². The summed E-state index contributed by atoms with van der Waals surface area (Å²) in [5.41, 5.74) is 1.19. The molecule has 0 radical (unpaired) electrons. The van der Waals surface area contributed by atoms with Gasteiger partial charge in [-0.2, -0.15) is 0 Å². The third-order valence-corrected chi connectivity index (χ3v) is 11.1. The predicted octanol–water partition coefficient (Wildman–Crippen LogP) is 3.60. The number of halogens is 2. The van der Waals surface area contributed by atoms with E-state index in [2.05, 4.69) is 78.5 Å². The highest BCUT2D eigenvalue weighted by Gasteiger charge is 2.61. The van der Waals surface area contributed by atoms with Crippen molar-refractivity contribution in [3.63, 3.8) is 0 Å². The summed E-state index contributed by atoms with van der Waals surface area (Å²) in [5, 5.41) is -0.171. The van der Waals surface area contributed by atoms with E-state index >= 15 is 0 Å². The minimum Gasteiger partial charge on any atom is -1.00 e. The van der Waals surface area contributed by atoms with Gasteiger partial charge in [0.1, 0.15) is 21.6 Å². The third kappa shape index (κ3) is 5.15. The van der Waals surface area contributed by atoms with Gasteiger partial charge in [-0.1, -0.05) is 6.07 Å². The molecule has 1 aromatic carbocycles. The van der Waals surface area contributed by atoms with Gasteiger partial charge in [-0.15, -0.1) is 0 Å². The molecule has 0 fully saturated rings. The summed E-state index contributed by atoms with van der Waals surface area (Å²) < 4.78 is 6.46. The van der Waals surface area contributed by atoms with E-state index in [1.165, 1.54) is 5.69 Å². The number of nitrogens with zero attached hydrogens (tertiary/aromatic N) is 1. The first-order valence-corrected chi connectivity index (χ1v) is 10.7. The molecule has 134 valence electrons. The predicted molar refractivity (Wildman–Crippen MR) is 103 cm³/mol. The molecular formula is C18H32Cl2NOP. The second-order valence-corrected chi connectivity index (χ2v) is 13.0. The van der Waals surface area contributed by atoms with E-state index in [-0.39, 0.29) is 22.7 Å². The number of anilines is 1. The fourth-order valence-electron chi connectivity index (χ4n) is 2.75. The number of benzene rings is 1. The van der Waals surface area contributed by atoms with E-state index < -0.39 is 6.84 Å². The van der Waals surface area contributed by atoms with Crippen LogP contribution < -0.4 is 21.8 Å². The summed E-state index contributed by atoms with van der Waals surface area (Å²) in [6.07, 6.45) is 0. The monoisotopic (exact) mass is 379 g/mol. The summed E-state index contributed by atoms with van der Waals surface area (Å²) in [5.74, 6) is 0.873. The standard InChI is InChI=1S/C18H32ClNOP.ClH/c1-9-20(10-2)15-12-11-13-16(14-15)21-22(19,17(3,4)5)18(6,7)8;/h11-14H,9-10H2,1-8H3;1H/q+1;/p-1. The molecule has 0 saturated carbocycles. The Kier molecular flexibility index (Phi) is 8.21. The highest BCUT2D eigenvalue weighted by molar-refractivity contribution is 7.97. The van der Waals surface area contributed by atoms with Gasteiger partial charge < -0.3 is 21.8 Å². The van der Waals surface area contributed by atoms with E-state index in [0.717, 1.165) is 18.8 Å². The van der Waals surface area contributed by atoms with Crippen LogP contribution in [-0.4, -0.2) is 23.4 Å². The lowest BCUT2D eigenvalue weighted by atomic mass is 10.2. The number of hydrogen-bond acceptors (Lipinski definition) is 2. The van der Waals surface area contributed by atoms with Crippen molar-refractivity contribution in [1.29, 1.82) is 0 Å². The molecule has 0 heterocycles. The first-order chi connectivity index (χ1) is 9.96. The van der Waals surface area contributed by atoms with Crippen LogP contribution in [0.1, 0.15) is 55.4 Å². The summed E-state index contributed by atoms with van der Waals surface area (Å²) >= 11 is 7.10. The molecule has 0 aliphatic carbocycles. The van der Waals surface area contributed by atoms with Crippen molar-refractivity contribution in [2.75, 3.05) is 18.0 Å². The Morgan fingerprint density at radius 1 is 1.00 bits per heavy atom. The Morgan fingerprint density at radius 3 is 1.87 bits per heavy atom. The van der Waals surface area contributed by atoms with Crippen molar-refractivity contribution < 1.29 is 16.9 Å². The molecule has 23 heavy (non-hydrogen) atoms. The number of hydrogen-bond donors (Lipinski definition) is 0. The summed E-state index contributed by atoms with van der Waals surface area (Å²) in [7, 11) is 0. The van der Waals surface area contributed by atoms with Gasteiger partial charge in [0, 0.05) is 24.8 Å². The Bertz CT molecular complexity index is 477. The normalized spacial score (nSPS) is 12.6. The molecule has 0 aliphatic rings. The average Bonchev–Trinajstić information content (AvgIpc) is 2.38. The topological polar surface area (TPSA) is 12.5 Å². The maximum atomic E-state index is 7.10. The van der Waals surface area contributed by atoms with Crippen LogP contribution in [-0.2, 0) is 0 Å². The molecular weight excluding hydrogens is 348 g/mol. The van der Waals surface area contributed by atoms with Crippen molar-refractivity contribution >= 4 is 23.8 Å². The maximum Gasteiger partial charge on any atom is 0.297 e. The molecule has 1 rings (SSSR count). The molecule has 0 aromatic heterocycles. The van der Waals surface area contributed by atoms with Gasteiger partial charge in [0.25, 0.3) is 6.84 Å². The Balaban J connectivity index is 0.00000484. The van der Waals surface area contributed by atoms with Gasteiger partial charge in [-0.3, -0.25) is 0 Å². The maximum absolute atomic E-state index is 7.10. The van der Waals surface area contributed by atoms with Crippen LogP contribution in [0.3, 0.4) is 0 Å². The van der Waals surface area contributed by atoms with E-state index in [1.54, 1.807) is 0 Å². The number of rotatable bonds is 5. The van der Waals surface area contributed by atoms with Crippen molar-refractivity contribution in [1.82, 2.24) is 0 Å². The van der Waals surface area contributed by atoms with Crippen molar-refractivity contribution in [3.8, 4) is 5.75 Å². The largest absolute Gasteiger partial charge is 1.00 e. The molecule has 0 saturated heterocycles. The van der Waals surface area contributed by atoms with Crippen LogP contribution in [0.2, 0.25) is 0 Å². The van der Waals surface area contributed by atoms with Crippen molar-refractivity contribution in [2.24, 2.45) is 0 Å². The van der Waals surface area contributed by atoms with Crippen LogP contribution in [0.25, 0.3) is 0 Å². The Labute approximate surface area is 154 Å². The lowest BCUT2D eigenvalue weighted by Gasteiger charge is -2.38. The van der Waals surface area contributed by atoms with Gasteiger partial charge in [0.2, 0.25) is 0 Å². The molecule has 1 aromatic rings. The Hall–Kier alpha value is -0.170. The molecule has 0 bridgehead atoms. The molecule has 0 amide bonds. The minimum absolute atomic E-state index is 0. The molecule has 5 heteroatoms. The molecule has 0 unspecified atom stereocenters. The van der Waals surface area contributed by atoms with Crippen LogP contribution in [0.4, 0.5) is 5.69 Å². The molecule has 0 aliphatic heterocycles. The second kappa shape index (κ2) is 8.28. The van der Waals surface area contributed by atoms with E-state index in [0.29, 0.717) is 0 Å². The first kappa shape index (κ1) is 22.8. The lowest BCUT2D eigenvalue weighted by Crippen LogP contribution is -3.00. The van der Waals surface area contributed by atoms with Gasteiger partial charge in [-0.05, 0) is 67.5 Å². The van der Waals surface area contributed by atoms with Gasteiger partial charge in [0.15, 0.2) is 5.75 Å². The zero-order valence-electron chi connectivity index (χ0n) is 15.8.